The molecular formula is C15H19NO5. The van der Waals surface area contributed by atoms with Crippen LogP contribution < -0.4 is 0 Å². The summed E-state index contributed by atoms with van der Waals surface area (Å²) in [5.74, 6) is -0.537. The van der Waals surface area contributed by atoms with E-state index >= 15 is 0 Å². The van der Waals surface area contributed by atoms with Crippen LogP contribution in [0.5, 0.6) is 0 Å². The van der Waals surface area contributed by atoms with Gasteiger partial charge in [0.05, 0.1) is 13.2 Å². The minimum atomic E-state index is -0.790. The van der Waals surface area contributed by atoms with E-state index in [2.05, 4.69) is 4.74 Å². The van der Waals surface area contributed by atoms with Crippen molar-refractivity contribution < 1.29 is 24.2 Å². The molecular weight excluding hydrogens is 274 g/mol. The van der Waals surface area contributed by atoms with Crippen molar-refractivity contribution in [3.8, 4) is 0 Å². The number of hydrogen-bond acceptors (Lipinski definition) is 5. The molecule has 0 aromatic heterocycles. The van der Waals surface area contributed by atoms with Crippen LogP contribution in [0.4, 0.5) is 4.79 Å². The van der Waals surface area contributed by atoms with Gasteiger partial charge in [0.2, 0.25) is 0 Å². The molecule has 2 atom stereocenters. The number of methoxy groups -OCH3 is 1. The number of rotatable bonds is 3. The molecule has 1 aliphatic rings. The lowest BCUT2D eigenvalue weighted by molar-refractivity contribution is -0.149. The third-order valence-electron chi connectivity index (χ3n) is 3.49. The van der Waals surface area contributed by atoms with Gasteiger partial charge in [-0.05, 0) is 12.0 Å². The fourth-order valence-corrected chi connectivity index (χ4v) is 2.33. The fourth-order valence-electron chi connectivity index (χ4n) is 2.33. The maximum absolute atomic E-state index is 12.1. The molecule has 6 heteroatoms. The number of ether oxygens (including phenoxy) is 2. The largest absolute Gasteiger partial charge is 0.467 e. The number of hydrogen-bond donors (Lipinski definition) is 1. The molecule has 0 aliphatic carbocycles. The molecule has 0 radical (unpaired) electrons. The summed E-state index contributed by atoms with van der Waals surface area (Å²) in [4.78, 5) is 25.2. The SMILES string of the molecule is COC(=O)[C@@H]1C[C@@H](O)CCN1C(=O)OCc1ccccc1. The lowest BCUT2D eigenvalue weighted by Gasteiger charge is -2.35. The molecule has 21 heavy (non-hydrogen) atoms. The van der Waals surface area contributed by atoms with Crippen LogP contribution in [0.1, 0.15) is 18.4 Å². The molecule has 1 fully saturated rings. The number of carbonyl (C=O) groups is 2. The van der Waals surface area contributed by atoms with Crippen LogP contribution in [0, 0.1) is 0 Å². The number of carbonyl (C=O) groups excluding carboxylic acids is 2. The predicted molar refractivity (Wildman–Crippen MR) is 74.4 cm³/mol. The third-order valence-corrected chi connectivity index (χ3v) is 3.49. The van der Waals surface area contributed by atoms with Crippen molar-refractivity contribution in [2.45, 2.75) is 31.6 Å². The first-order valence-electron chi connectivity index (χ1n) is 6.85. The lowest BCUT2D eigenvalue weighted by atomic mass is 10.00. The number of aliphatic hydroxyl groups is 1. The molecule has 0 unspecified atom stereocenters. The second kappa shape index (κ2) is 7.08. The van der Waals surface area contributed by atoms with Crippen molar-refractivity contribution >= 4 is 12.1 Å². The van der Waals surface area contributed by atoms with E-state index in [4.69, 9.17) is 4.74 Å². The first kappa shape index (κ1) is 15.3. The average Bonchev–Trinajstić information content (AvgIpc) is 2.52. The second-order valence-corrected chi connectivity index (χ2v) is 4.95. The molecule has 114 valence electrons. The van der Waals surface area contributed by atoms with E-state index < -0.39 is 24.2 Å². The summed E-state index contributed by atoms with van der Waals surface area (Å²) in [6.07, 6.45) is -0.574. The standard InChI is InChI=1S/C15H19NO5/c1-20-14(18)13-9-12(17)7-8-16(13)15(19)21-10-11-5-3-2-4-6-11/h2-6,12-13,17H,7-10H2,1H3/t12-,13-/m0/s1. The molecule has 1 aromatic carbocycles. The predicted octanol–water partition coefficient (Wildman–Crippen LogP) is 1.32. The minimum absolute atomic E-state index is 0.145. The van der Waals surface area contributed by atoms with E-state index in [1.807, 2.05) is 30.3 Å². The van der Waals surface area contributed by atoms with Crippen molar-refractivity contribution in [1.82, 2.24) is 4.90 Å². The van der Waals surface area contributed by atoms with Gasteiger partial charge in [0, 0.05) is 13.0 Å². The summed E-state index contributed by atoms with van der Waals surface area (Å²) in [5.41, 5.74) is 0.873. The van der Waals surface area contributed by atoms with Gasteiger partial charge in [-0.3, -0.25) is 4.90 Å². The van der Waals surface area contributed by atoms with Crippen molar-refractivity contribution in [2.75, 3.05) is 13.7 Å². The minimum Gasteiger partial charge on any atom is -0.467 e. The van der Waals surface area contributed by atoms with E-state index in [1.165, 1.54) is 12.0 Å². The molecule has 6 nitrogen and oxygen atoms in total. The normalized spacial score (nSPS) is 21.7. The van der Waals surface area contributed by atoms with Crippen LogP contribution >= 0.6 is 0 Å². The van der Waals surface area contributed by atoms with Crippen molar-refractivity contribution in [3.05, 3.63) is 35.9 Å². The summed E-state index contributed by atoms with van der Waals surface area (Å²) >= 11 is 0. The molecule has 1 amide bonds. The van der Waals surface area contributed by atoms with Crippen LogP contribution in [-0.4, -0.2) is 47.9 Å². The topological polar surface area (TPSA) is 76.1 Å². The van der Waals surface area contributed by atoms with Gasteiger partial charge in [-0.1, -0.05) is 30.3 Å². The Bertz CT molecular complexity index is 490. The highest BCUT2D eigenvalue weighted by molar-refractivity contribution is 5.81. The summed E-state index contributed by atoms with van der Waals surface area (Å²) in [7, 11) is 1.26. The number of piperidine rings is 1. The van der Waals surface area contributed by atoms with E-state index in [-0.39, 0.29) is 19.6 Å². The molecule has 1 aromatic rings. The second-order valence-electron chi connectivity index (χ2n) is 4.95. The monoisotopic (exact) mass is 293 g/mol. The fraction of sp³-hybridized carbons (Fsp3) is 0.467. The Labute approximate surface area is 123 Å². The quantitative estimate of drug-likeness (QED) is 0.851. The van der Waals surface area contributed by atoms with Gasteiger partial charge in [0.25, 0.3) is 0 Å². The van der Waals surface area contributed by atoms with E-state index in [1.54, 1.807) is 0 Å². The first-order valence-corrected chi connectivity index (χ1v) is 6.85. The zero-order chi connectivity index (χ0) is 15.2. The number of esters is 1. The number of amides is 1. The van der Waals surface area contributed by atoms with Crippen molar-refractivity contribution in [2.24, 2.45) is 0 Å². The first-order chi connectivity index (χ1) is 10.1. The maximum atomic E-state index is 12.1. The van der Waals surface area contributed by atoms with Crippen LogP contribution in [0.3, 0.4) is 0 Å². The van der Waals surface area contributed by atoms with E-state index in [9.17, 15) is 14.7 Å². The molecule has 2 rings (SSSR count). The number of benzene rings is 1. The average molecular weight is 293 g/mol. The summed E-state index contributed by atoms with van der Waals surface area (Å²) in [5, 5.41) is 9.64. The molecule has 1 heterocycles. The van der Waals surface area contributed by atoms with E-state index in [0.29, 0.717) is 6.42 Å². The summed E-state index contributed by atoms with van der Waals surface area (Å²) < 4.78 is 9.91. The van der Waals surface area contributed by atoms with Gasteiger partial charge in [-0.25, -0.2) is 9.59 Å². The van der Waals surface area contributed by atoms with Gasteiger partial charge >= 0.3 is 12.1 Å². The van der Waals surface area contributed by atoms with Gasteiger partial charge in [0.15, 0.2) is 0 Å². The smallest absolute Gasteiger partial charge is 0.410 e. The van der Waals surface area contributed by atoms with Gasteiger partial charge in [-0.15, -0.1) is 0 Å². The zero-order valence-corrected chi connectivity index (χ0v) is 11.9. The molecule has 0 spiro atoms. The Morgan fingerprint density at radius 3 is 2.71 bits per heavy atom. The highest BCUT2D eigenvalue weighted by Gasteiger charge is 2.37. The van der Waals surface area contributed by atoms with Gasteiger partial charge in [-0.2, -0.15) is 0 Å². The van der Waals surface area contributed by atoms with Crippen molar-refractivity contribution in [3.63, 3.8) is 0 Å². The lowest BCUT2D eigenvalue weighted by Crippen LogP contribution is -2.51. The highest BCUT2D eigenvalue weighted by Crippen LogP contribution is 2.20. The van der Waals surface area contributed by atoms with Crippen molar-refractivity contribution in [1.29, 1.82) is 0 Å². The Morgan fingerprint density at radius 2 is 2.05 bits per heavy atom. The van der Waals surface area contributed by atoms with Crippen LogP contribution in [0.15, 0.2) is 30.3 Å². The van der Waals surface area contributed by atoms with Crippen LogP contribution in [-0.2, 0) is 20.9 Å². The van der Waals surface area contributed by atoms with Gasteiger partial charge in [0.1, 0.15) is 12.6 Å². The summed E-state index contributed by atoms with van der Waals surface area (Å²) in [6, 6.07) is 8.51. The van der Waals surface area contributed by atoms with E-state index in [0.717, 1.165) is 5.56 Å². The molecule has 1 aliphatic heterocycles. The van der Waals surface area contributed by atoms with Crippen LogP contribution in [0.25, 0.3) is 0 Å². The highest BCUT2D eigenvalue weighted by atomic mass is 16.6. The third kappa shape index (κ3) is 3.95. The Morgan fingerprint density at radius 1 is 1.33 bits per heavy atom. The Balaban J connectivity index is 1.97. The molecule has 1 N–H and O–H groups in total. The number of nitrogens with zero attached hydrogens (tertiary/aromatic N) is 1. The Kier molecular flexibility index (Phi) is 5.16. The molecule has 0 bridgehead atoms. The Hall–Kier alpha value is -2.08. The zero-order valence-electron chi connectivity index (χ0n) is 11.9. The number of aliphatic hydroxyl groups excluding tert-OH is 1. The molecule has 1 saturated heterocycles. The molecule has 0 saturated carbocycles. The number of likely N-dealkylation sites (tertiary alicyclic amines) is 1. The van der Waals surface area contributed by atoms with Gasteiger partial charge < -0.3 is 14.6 Å². The maximum Gasteiger partial charge on any atom is 0.410 e. The van der Waals surface area contributed by atoms with Crippen LogP contribution in [0.2, 0.25) is 0 Å². The summed E-state index contributed by atoms with van der Waals surface area (Å²) in [6.45, 7) is 0.418.